The minimum Gasteiger partial charge on any atom is -0.338 e. The third kappa shape index (κ3) is 4.65. The molecule has 4 rings (SSSR count). The van der Waals surface area contributed by atoms with Crippen molar-refractivity contribution in [3.8, 4) is 11.4 Å². The van der Waals surface area contributed by atoms with E-state index in [1.54, 1.807) is 30.3 Å². The highest BCUT2D eigenvalue weighted by molar-refractivity contribution is 7.98. The van der Waals surface area contributed by atoms with E-state index >= 15 is 0 Å². The monoisotopic (exact) mass is 413 g/mol. The molecule has 0 unspecified atom stereocenters. The summed E-state index contributed by atoms with van der Waals surface area (Å²) >= 11 is 7.35. The average Bonchev–Trinajstić information content (AvgIpc) is 3.35. The van der Waals surface area contributed by atoms with E-state index in [4.69, 9.17) is 16.1 Å². The summed E-state index contributed by atoms with van der Waals surface area (Å²) < 4.78 is 18.2. The highest BCUT2D eigenvalue weighted by atomic mass is 35.5. The largest absolute Gasteiger partial charge is 0.338 e. The second-order valence-corrected chi connectivity index (χ2v) is 7.08. The Labute approximate surface area is 168 Å². The molecule has 2 aromatic heterocycles. The van der Waals surface area contributed by atoms with Crippen molar-refractivity contribution >= 4 is 35.5 Å². The van der Waals surface area contributed by atoms with Crippen LogP contribution in [0.5, 0.6) is 0 Å². The Bertz CT molecular complexity index is 1110. The van der Waals surface area contributed by atoms with Gasteiger partial charge in [0.15, 0.2) is 0 Å². The van der Waals surface area contributed by atoms with Crippen LogP contribution in [-0.2, 0) is 5.75 Å². The predicted molar refractivity (Wildman–Crippen MR) is 106 cm³/mol. The number of hydrogen-bond donors (Lipinski definition) is 1. The first-order valence-electron chi connectivity index (χ1n) is 8.23. The van der Waals surface area contributed by atoms with Gasteiger partial charge in [-0.25, -0.2) is 9.37 Å². The zero-order chi connectivity index (χ0) is 19.3. The van der Waals surface area contributed by atoms with Crippen molar-refractivity contribution < 1.29 is 8.91 Å². The molecule has 6 nitrogen and oxygen atoms in total. The summed E-state index contributed by atoms with van der Waals surface area (Å²) in [4.78, 5) is 8.72. The lowest BCUT2D eigenvalue weighted by Crippen LogP contribution is -1.84. The Hall–Kier alpha value is -2.97. The van der Waals surface area contributed by atoms with Crippen molar-refractivity contribution in [2.45, 2.75) is 10.9 Å². The average molecular weight is 414 g/mol. The van der Waals surface area contributed by atoms with Gasteiger partial charge in [0.25, 0.3) is 0 Å². The molecule has 0 amide bonds. The number of nitrogens with zero attached hydrogens (tertiary/aromatic N) is 4. The molecule has 2 aromatic carbocycles. The van der Waals surface area contributed by atoms with Crippen LogP contribution >= 0.6 is 23.4 Å². The molecule has 140 valence electrons. The van der Waals surface area contributed by atoms with Gasteiger partial charge < -0.3 is 4.52 Å². The van der Waals surface area contributed by atoms with E-state index in [1.165, 1.54) is 23.9 Å². The zero-order valence-corrected chi connectivity index (χ0v) is 15.9. The third-order valence-electron chi connectivity index (χ3n) is 3.66. The zero-order valence-electron chi connectivity index (χ0n) is 14.3. The Morgan fingerprint density at radius 3 is 2.79 bits per heavy atom. The molecule has 0 atom stereocenters. The van der Waals surface area contributed by atoms with E-state index in [1.807, 2.05) is 18.2 Å². The standard InChI is InChI=1S/C19H13ClFN5OS/c20-14-3-1-2-13(10-14)18-23-17(27-26-18)11-28-19-22-16(24-25-19)9-6-12-4-7-15(21)8-5-12/h1-10H,11H2,(H,22,24,25)/b9-6+. The first-order valence-corrected chi connectivity index (χ1v) is 9.59. The van der Waals surface area contributed by atoms with Crippen molar-refractivity contribution in [3.63, 3.8) is 0 Å². The van der Waals surface area contributed by atoms with Crippen LogP contribution < -0.4 is 0 Å². The van der Waals surface area contributed by atoms with Crippen molar-refractivity contribution in [1.82, 2.24) is 25.3 Å². The molecule has 0 aliphatic rings. The SMILES string of the molecule is Fc1ccc(/C=C/c2nc(SCc3nc(-c4cccc(Cl)c4)no3)n[nH]2)cc1. The lowest BCUT2D eigenvalue weighted by Gasteiger charge is -1.93. The van der Waals surface area contributed by atoms with Gasteiger partial charge in [-0.15, -0.1) is 5.10 Å². The molecule has 1 N–H and O–H groups in total. The number of rotatable bonds is 6. The molecular weight excluding hydrogens is 401 g/mol. The number of hydrogen-bond acceptors (Lipinski definition) is 6. The van der Waals surface area contributed by atoms with E-state index in [-0.39, 0.29) is 5.82 Å². The van der Waals surface area contributed by atoms with Crippen molar-refractivity contribution in [2.75, 3.05) is 0 Å². The van der Waals surface area contributed by atoms with Gasteiger partial charge in [-0.2, -0.15) is 4.98 Å². The fraction of sp³-hybridized carbons (Fsp3) is 0.0526. The van der Waals surface area contributed by atoms with Crippen LogP contribution in [0.25, 0.3) is 23.5 Å². The van der Waals surface area contributed by atoms with Gasteiger partial charge in [0.05, 0.1) is 5.75 Å². The maximum Gasteiger partial charge on any atom is 0.237 e. The van der Waals surface area contributed by atoms with Gasteiger partial charge in [-0.3, -0.25) is 5.10 Å². The number of thioether (sulfide) groups is 1. The Morgan fingerprint density at radius 2 is 1.96 bits per heavy atom. The van der Waals surface area contributed by atoms with Crippen molar-refractivity contribution in [1.29, 1.82) is 0 Å². The quantitative estimate of drug-likeness (QED) is 0.442. The van der Waals surface area contributed by atoms with Crippen LogP contribution in [0, 0.1) is 5.82 Å². The summed E-state index contributed by atoms with van der Waals surface area (Å²) in [6, 6.07) is 13.4. The molecule has 28 heavy (non-hydrogen) atoms. The predicted octanol–water partition coefficient (Wildman–Crippen LogP) is 5.11. The van der Waals surface area contributed by atoms with Gasteiger partial charge in [0, 0.05) is 10.6 Å². The van der Waals surface area contributed by atoms with Crippen LogP contribution in [0.3, 0.4) is 0 Å². The van der Waals surface area contributed by atoms with Gasteiger partial charge in [0.2, 0.25) is 16.9 Å². The van der Waals surface area contributed by atoms with Gasteiger partial charge in [0.1, 0.15) is 11.6 Å². The summed E-state index contributed by atoms with van der Waals surface area (Å²) in [6.45, 7) is 0. The van der Waals surface area contributed by atoms with Crippen LogP contribution in [0.1, 0.15) is 17.3 Å². The molecular formula is C19H13ClFN5OS. The van der Waals surface area contributed by atoms with E-state index in [2.05, 4.69) is 25.3 Å². The first kappa shape index (κ1) is 18.4. The number of aromatic nitrogens is 5. The van der Waals surface area contributed by atoms with Gasteiger partial charge in [-0.1, -0.05) is 58.9 Å². The normalized spacial score (nSPS) is 11.4. The number of benzene rings is 2. The van der Waals surface area contributed by atoms with Crippen molar-refractivity contribution in [3.05, 3.63) is 76.6 Å². The second-order valence-electron chi connectivity index (χ2n) is 5.70. The van der Waals surface area contributed by atoms with Gasteiger partial charge in [-0.05, 0) is 35.9 Å². The summed E-state index contributed by atoms with van der Waals surface area (Å²) in [6.07, 6.45) is 3.60. The minimum atomic E-state index is -0.268. The summed E-state index contributed by atoms with van der Waals surface area (Å²) in [5.74, 6) is 1.71. The van der Waals surface area contributed by atoms with Crippen LogP contribution in [0.4, 0.5) is 4.39 Å². The molecule has 0 saturated heterocycles. The van der Waals surface area contributed by atoms with Gasteiger partial charge >= 0.3 is 0 Å². The first-order chi connectivity index (χ1) is 13.7. The fourth-order valence-corrected chi connectivity index (χ4v) is 3.16. The summed E-state index contributed by atoms with van der Waals surface area (Å²) in [5.41, 5.74) is 1.66. The topological polar surface area (TPSA) is 80.5 Å². The molecule has 0 aliphatic heterocycles. The molecule has 0 aliphatic carbocycles. The molecule has 0 spiro atoms. The van der Waals surface area contributed by atoms with E-state index in [0.29, 0.717) is 33.5 Å². The second kappa shape index (κ2) is 8.37. The molecule has 4 aromatic rings. The minimum absolute atomic E-state index is 0.268. The number of aromatic amines is 1. The summed E-state index contributed by atoms with van der Waals surface area (Å²) in [5, 5.41) is 12.1. The maximum absolute atomic E-state index is 12.9. The molecule has 0 fully saturated rings. The molecule has 2 heterocycles. The van der Waals surface area contributed by atoms with Crippen molar-refractivity contribution in [2.24, 2.45) is 0 Å². The molecule has 0 radical (unpaired) electrons. The number of H-pyrrole nitrogens is 1. The van der Waals surface area contributed by atoms with E-state index < -0.39 is 0 Å². The highest BCUT2D eigenvalue weighted by Crippen LogP contribution is 2.23. The van der Waals surface area contributed by atoms with Crippen LogP contribution in [0.15, 0.2) is 58.2 Å². The molecule has 0 bridgehead atoms. The lowest BCUT2D eigenvalue weighted by atomic mass is 10.2. The maximum atomic E-state index is 12.9. The fourth-order valence-electron chi connectivity index (χ4n) is 2.33. The van der Waals surface area contributed by atoms with Crippen LogP contribution in [-0.4, -0.2) is 25.3 Å². The van der Waals surface area contributed by atoms with Crippen LogP contribution in [0.2, 0.25) is 5.02 Å². The van der Waals surface area contributed by atoms with E-state index in [0.717, 1.165) is 11.1 Å². The smallest absolute Gasteiger partial charge is 0.237 e. The lowest BCUT2D eigenvalue weighted by molar-refractivity contribution is 0.391. The highest BCUT2D eigenvalue weighted by Gasteiger charge is 2.11. The third-order valence-corrected chi connectivity index (χ3v) is 4.73. The Balaban J connectivity index is 1.36. The summed E-state index contributed by atoms with van der Waals surface area (Å²) in [7, 11) is 0. The number of nitrogens with one attached hydrogen (secondary N) is 1. The molecule has 0 saturated carbocycles. The Morgan fingerprint density at radius 1 is 1.11 bits per heavy atom. The number of halogens is 2. The Kier molecular flexibility index (Phi) is 5.50. The molecule has 9 heteroatoms. The van der Waals surface area contributed by atoms with E-state index in [9.17, 15) is 4.39 Å².